The summed E-state index contributed by atoms with van der Waals surface area (Å²) < 4.78 is 7.46. The third-order valence-corrected chi connectivity index (χ3v) is 4.37. The summed E-state index contributed by atoms with van der Waals surface area (Å²) in [6.45, 7) is 2.34. The summed E-state index contributed by atoms with van der Waals surface area (Å²) in [4.78, 5) is 27.9. The van der Waals surface area contributed by atoms with Crippen LogP contribution in [-0.4, -0.2) is 23.6 Å². The maximum atomic E-state index is 11.8. The maximum Gasteiger partial charge on any atom is 0.307 e. The van der Waals surface area contributed by atoms with Gasteiger partial charge in [0.25, 0.3) is 0 Å². The molecule has 0 aliphatic rings. The van der Waals surface area contributed by atoms with Crippen molar-refractivity contribution in [3.05, 3.63) is 28.0 Å². The van der Waals surface area contributed by atoms with Crippen molar-refractivity contribution in [2.24, 2.45) is 4.99 Å². The molecule has 1 amide bonds. The number of esters is 1. The number of hydrogen-bond acceptors (Lipinski definition) is 4. The van der Waals surface area contributed by atoms with Gasteiger partial charge in [-0.3, -0.25) is 9.59 Å². The molecular weight excluding hydrogens is 324 g/mol. The maximum absolute atomic E-state index is 11.8. The summed E-state index contributed by atoms with van der Waals surface area (Å²) in [6.07, 6.45) is 1.38. The van der Waals surface area contributed by atoms with Crippen LogP contribution >= 0.6 is 22.9 Å². The summed E-state index contributed by atoms with van der Waals surface area (Å²) in [5.74, 6) is -0.460. The van der Waals surface area contributed by atoms with E-state index in [-0.39, 0.29) is 18.3 Å². The van der Waals surface area contributed by atoms with Crippen LogP contribution in [-0.2, 0) is 20.9 Å². The van der Waals surface area contributed by atoms with E-state index in [1.54, 1.807) is 6.07 Å². The number of carbonyl (C=O) groups is 2. The molecule has 0 radical (unpaired) electrons. The molecule has 0 saturated heterocycles. The first-order valence-corrected chi connectivity index (χ1v) is 8.18. The third-order valence-electron chi connectivity index (χ3n) is 3.10. The van der Waals surface area contributed by atoms with Gasteiger partial charge < -0.3 is 9.30 Å². The van der Waals surface area contributed by atoms with Gasteiger partial charge in [0.2, 0.25) is 5.91 Å². The number of benzene rings is 1. The van der Waals surface area contributed by atoms with Crippen LogP contribution in [0.25, 0.3) is 10.2 Å². The van der Waals surface area contributed by atoms with Crippen LogP contribution in [0.4, 0.5) is 0 Å². The predicted octanol–water partition coefficient (Wildman–Crippen LogP) is 3.15. The molecule has 0 fully saturated rings. The topological polar surface area (TPSA) is 60.7 Å². The molecule has 7 heteroatoms. The highest BCUT2D eigenvalue weighted by molar-refractivity contribution is 7.16. The highest BCUT2D eigenvalue weighted by atomic mass is 35.5. The van der Waals surface area contributed by atoms with Gasteiger partial charge in [-0.05, 0) is 24.6 Å². The number of methoxy groups -OCH3 is 1. The zero-order chi connectivity index (χ0) is 16.1. The summed E-state index contributed by atoms with van der Waals surface area (Å²) in [5.41, 5.74) is 0.904. The molecule has 0 saturated carbocycles. The zero-order valence-electron chi connectivity index (χ0n) is 12.5. The Hall–Kier alpha value is -1.66. The second-order valence-electron chi connectivity index (χ2n) is 4.73. The third kappa shape index (κ3) is 3.96. The Morgan fingerprint density at radius 1 is 1.36 bits per heavy atom. The van der Waals surface area contributed by atoms with Crippen molar-refractivity contribution in [1.29, 1.82) is 0 Å². The molecule has 0 N–H and O–H groups in total. The minimum atomic E-state index is -0.299. The molecule has 2 rings (SSSR count). The number of ether oxygens (including phenoxy) is 1. The quantitative estimate of drug-likeness (QED) is 0.785. The number of amides is 1. The van der Waals surface area contributed by atoms with Crippen molar-refractivity contribution >= 4 is 45.0 Å². The average molecular weight is 341 g/mol. The molecule has 0 spiro atoms. The highest BCUT2D eigenvalue weighted by Crippen LogP contribution is 2.22. The SMILES string of the molecule is CCCC(=O)N=c1sc2cc(Cl)ccc2n1CCC(=O)OC. The Bertz CT molecular complexity index is 764. The summed E-state index contributed by atoms with van der Waals surface area (Å²) in [5, 5.41) is 0.625. The van der Waals surface area contributed by atoms with E-state index < -0.39 is 0 Å². The molecule has 5 nitrogen and oxygen atoms in total. The van der Waals surface area contributed by atoms with E-state index in [1.807, 2.05) is 23.6 Å². The lowest BCUT2D eigenvalue weighted by Gasteiger charge is -2.04. The number of nitrogens with zero attached hydrogens (tertiary/aromatic N) is 2. The van der Waals surface area contributed by atoms with Crippen LogP contribution in [0.15, 0.2) is 23.2 Å². The van der Waals surface area contributed by atoms with Crippen molar-refractivity contribution in [1.82, 2.24) is 4.57 Å². The first kappa shape index (κ1) is 16.7. The van der Waals surface area contributed by atoms with E-state index >= 15 is 0 Å². The molecule has 0 unspecified atom stereocenters. The monoisotopic (exact) mass is 340 g/mol. The molecule has 2 aromatic rings. The fourth-order valence-electron chi connectivity index (χ4n) is 2.03. The van der Waals surface area contributed by atoms with E-state index in [0.29, 0.717) is 22.8 Å². The molecule has 1 aromatic heterocycles. The van der Waals surface area contributed by atoms with Crippen LogP contribution in [0.1, 0.15) is 26.2 Å². The number of carbonyl (C=O) groups excluding carboxylic acids is 2. The van der Waals surface area contributed by atoms with E-state index in [4.69, 9.17) is 11.6 Å². The molecule has 0 aliphatic carbocycles. The number of aromatic nitrogens is 1. The minimum absolute atomic E-state index is 0.160. The van der Waals surface area contributed by atoms with Gasteiger partial charge in [0.15, 0.2) is 4.80 Å². The lowest BCUT2D eigenvalue weighted by atomic mass is 10.3. The molecule has 1 aromatic carbocycles. The smallest absolute Gasteiger partial charge is 0.307 e. The summed E-state index contributed by atoms with van der Waals surface area (Å²) in [6, 6.07) is 5.48. The van der Waals surface area contributed by atoms with Gasteiger partial charge in [-0.2, -0.15) is 4.99 Å². The second-order valence-corrected chi connectivity index (χ2v) is 6.18. The van der Waals surface area contributed by atoms with Crippen LogP contribution in [0.5, 0.6) is 0 Å². The molecule has 0 bridgehead atoms. The Labute approximate surface area is 137 Å². The fraction of sp³-hybridized carbons (Fsp3) is 0.400. The molecule has 118 valence electrons. The molecule has 0 atom stereocenters. The standard InChI is InChI=1S/C15H17ClN2O3S/c1-3-4-13(19)17-15-18(8-7-14(20)21-2)11-6-5-10(16)9-12(11)22-15/h5-6,9H,3-4,7-8H2,1-2H3. The largest absolute Gasteiger partial charge is 0.469 e. The van der Waals surface area contributed by atoms with E-state index in [1.165, 1.54) is 18.4 Å². The van der Waals surface area contributed by atoms with Gasteiger partial charge >= 0.3 is 5.97 Å². The van der Waals surface area contributed by atoms with Crippen LogP contribution < -0.4 is 4.80 Å². The van der Waals surface area contributed by atoms with Crippen molar-refractivity contribution in [2.75, 3.05) is 7.11 Å². The molecule has 0 aliphatic heterocycles. The van der Waals surface area contributed by atoms with Crippen LogP contribution in [0.2, 0.25) is 5.02 Å². The second kappa shape index (κ2) is 7.56. The number of fused-ring (bicyclic) bond motifs is 1. The van der Waals surface area contributed by atoms with Gasteiger partial charge in [-0.25, -0.2) is 0 Å². The van der Waals surface area contributed by atoms with E-state index in [0.717, 1.165) is 16.6 Å². The van der Waals surface area contributed by atoms with Crippen molar-refractivity contribution in [2.45, 2.75) is 32.7 Å². The molecule has 22 heavy (non-hydrogen) atoms. The average Bonchev–Trinajstić information content (AvgIpc) is 2.81. The zero-order valence-corrected chi connectivity index (χ0v) is 14.0. The van der Waals surface area contributed by atoms with Gasteiger partial charge in [-0.15, -0.1) is 0 Å². The predicted molar refractivity (Wildman–Crippen MR) is 86.9 cm³/mol. The first-order chi connectivity index (χ1) is 10.5. The van der Waals surface area contributed by atoms with Gasteiger partial charge in [-0.1, -0.05) is 29.9 Å². The Balaban J connectivity index is 2.48. The van der Waals surface area contributed by atoms with Gasteiger partial charge in [0.05, 0.1) is 23.7 Å². The number of thiazole rings is 1. The lowest BCUT2D eigenvalue weighted by Crippen LogP contribution is -2.19. The van der Waals surface area contributed by atoms with E-state index in [9.17, 15) is 9.59 Å². The number of halogens is 1. The van der Waals surface area contributed by atoms with Crippen molar-refractivity contribution < 1.29 is 14.3 Å². The van der Waals surface area contributed by atoms with Gasteiger partial charge in [0.1, 0.15) is 0 Å². The van der Waals surface area contributed by atoms with Crippen molar-refractivity contribution in [3.8, 4) is 0 Å². The fourth-order valence-corrected chi connectivity index (χ4v) is 3.38. The minimum Gasteiger partial charge on any atom is -0.469 e. The van der Waals surface area contributed by atoms with E-state index in [2.05, 4.69) is 9.73 Å². The van der Waals surface area contributed by atoms with Crippen molar-refractivity contribution in [3.63, 3.8) is 0 Å². The Morgan fingerprint density at radius 2 is 2.14 bits per heavy atom. The molecule has 1 heterocycles. The number of rotatable bonds is 5. The van der Waals surface area contributed by atoms with Crippen LogP contribution in [0.3, 0.4) is 0 Å². The number of aryl methyl sites for hydroxylation is 1. The van der Waals surface area contributed by atoms with Crippen LogP contribution in [0, 0.1) is 0 Å². The highest BCUT2D eigenvalue weighted by Gasteiger charge is 2.10. The number of hydrogen-bond donors (Lipinski definition) is 0. The molecular formula is C15H17ClN2O3S. The Kier molecular flexibility index (Phi) is 5.74. The normalized spacial score (nSPS) is 11.9. The first-order valence-electron chi connectivity index (χ1n) is 6.98. The lowest BCUT2D eigenvalue weighted by molar-refractivity contribution is -0.140. The van der Waals surface area contributed by atoms with Gasteiger partial charge in [0, 0.05) is 18.0 Å². The summed E-state index contributed by atoms with van der Waals surface area (Å²) >= 11 is 7.40. The Morgan fingerprint density at radius 3 is 2.82 bits per heavy atom. The summed E-state index contributed by atoms with van der Waals surface area (Å²) in [7, 11) is 1.36.